The molecule has 0 aliphatic carbocycles. The number of ether oxygens (including phenoxy) is 2. The Bertz CT molecular complexity index is 567. The number of rotatable bonds is 7. The molecule has 6 nitrogen and oxygen atoms in total. The van der Waals surface area contributed by atoms with Gasteiger partial charge < -0.3 is 14.6 Å². The normalized spacial score (nSPS) is 18.9. The standard InChI is InChI=1S/C14H21NO5S/c1-2-6-20-14-4-3-13(8-11(14)9-16)21(17,18)15-12-5-7-19-10-12/h3-4,8,12,15-16H,2,5-7,9-10H2,1H3. The van der Waals surface area contributed by atoms with Crippen molar-refractivity contribution in [1.29, 1.82) is 0 Å². The number of sulfonamides is 1. The zero-order valence-electron chi connectivity index (χ0n) is 12.0. The zero-order chi connectivity index (χ0) is 15.3. The molecule has 0 saturated carbocycles. The van der Waals surface area contributed by atoms with Crippen LogP contribution in [0, 0.1) is 0 Å². The van der Waals surface area contributed by atoms with E-state index in [1.807, 2.05) is 6.92 Å². The van der Waals surface area contributed by atoms with Crippen molar-refractivity contribution in [3.8, 4) is 5.75 Å². The molecular weight excluding hydrogens is 294 g/mol. The Morgan fingerprint density at radius 3 is 2.90 bits per heavy atom. The van der Waals surface area contributed by atoms with Crippen molar-refractivity contribution in [3.05, 3.63) is 23.8 Å². The number of hydrogen-bond donors (Lipinski definition) is 2. The maximum Gasteiger partial charge on any atom is 0.240 e. The average molecular weight is 315 g/mol. The van der Waals surface area contributed by atoms with Crippen molar-refractivity contribution in [2.45, 2.75) is 37.3 Å². The maximum atomic E-state index is 12.3. The predicted molar refractivity (Wildman–Crippen MR) is 77.7 cm³/mol. The molecule has 1 heterocycles. The first-order valence-corrected chi connectivity index (χ1v) is 8.51. The van der Waals surface area contributed by atoms with Crippen molar-refractivity contribution in [2.24, 2.45) is 0 Å². The summed E-state index contributed by atoms with van der Waals surface area (Å²) in [6.45, 7) is 3.19. The second-order valence-corrected chi connectivity index (χ2v) is 6.67. The Labute approximate surface area is 125 Å². The number of hydrogen-bond acceptors (Lipinski definition) is 5. The van der Waals surface area contributed by atoms with Crippen molar-refractivity contribution >= 4 is 10.0 Å². The molecule has 1 atom stereocenters. The smallest absolute Gasteiger partial charge is 0.240 e. The molecule has 1 fully saturated rings. The summed E-state index contributed by atoms with van der Waals surface area (Å²) in [7, 11) is -3.61. The van der Waals surface area contributed by atoms with Gasteiger partial charge in [0.15, 0.2) is 0 Å². The lowest BCUT2D eigenvalue weighted by atomic mass is 10.2. The van der Waals surface area contributed by atoms with Gasteiger partial charge in [0.05, 0.1) is 24.7 Å². The summed E-state index contributed by atoms with van der Waals surface area (Å²) in [5.41, 5.74) is 0.467. The highest BCUT2D eigenvalue weighted by Crippen LogP contribution is 2.23. The van der Waals surface area contributed by atoms with E-state index in [1.165, 1.54) is 12.1 Å². The van der Waals surface area contributed by atoms with E-state index in [1.54, 1.807) is 6.07 Å². The van der Waals surface area contributed by atoms with Crippen LogP contribution < -0.4 is 9.46 Å². The lowest BCUT2D eigenvalue weighted by molar-refractivity contribution is 0.192. The fourth-order valence-corrected chi connectivity index (χ4v) is 3.42. The predicted octanol–water partition coefficient (Wildman–Crippen LogP) is 1.03. The van der Waals surface area contributed by atoms with Crippen molar-refractivity contribution in [3.63, 3.8) is 0 Å². The van der Waals surface area contributed by atoms with Crippen LogP contribution in [0.1, 0.15) is 25.3 Å². The second kappa shape index (κ2) is 7.22. The van der Waals surface area contributed by atoms with Crippen molar-refractivity contribution in [2.75, 3.05) is 19.8 Å². The van der Waals surface area contributed by atoms with E-state index in [-0.39, 0.29) is 17.5 Å². The largest absolute Gasteiger partial charge is 0.493 e. The highest BCUT2D eigenvalue weighted by Gasteiger charge is 2.24. The number of aliphatic hydroxyl groups is 1. The van der Waals surface area contributed by atoms with Crippen LogP contribution in [0.15, 0.2) is 23.1 Å². The Kier molecular flexibility index (Phi) is 5.58. The van der Waals surface area contributed by atoms with Crippen LogP contribution in [-0.2, 0) is 21.4 Å². The van der Waals surface area contributed by atoms with Gasteiger partial charge in [-0.25, -0.2) is 13.1 Å². The molecule has 2 rings (SSSR count). The van der Waals surface area contributed by atoms with E-state index >= 15 is 0 Å². The minimum atomic E-state index is -3.61. The molecule has 1 aromatic rings. The molecule has 7 heteroatoms. The third-order valence-corrected chi connectivity index (χ3v) is 4.74. The van der Waals surface area contributed by atoms with Gasteiger partial charge in [-0.05, 0) is 31.0 Å². The topological polar surface area (TPSA) is 84.9 Å². The SMILES string of the molecule is CCCOc1ccc(S(=O)(=O)NC2CCOC2)cc1CO. The van der Waals surface area contributed by atoms with E-state index in [2.05, 4.69) is 4.72 Å². The molecular formula is C14H21NO5S. The van der Waals surface area contributed by atoms with Crippen molar-refractivity contribution < 1.29 is 23.0 Å². The lowest BCUT2D eigenvalue weighted by Crippen LogP contribution is -2.35. The first kappa shape index (κ1) is 16.2. The first-order chi connectivity index (χ1) is 10.1. The van der Waals surface area contributed by atoms with Gasteiger partial charge in [-0.15, -0.1) is 0 Å². The molecule has 118 valence electrons. The molecule has 1 saturated heterocycles. The van der Waals surface area contributed by atoms with Crippen LogP contribution in [0.3, 0.4) is 0 Å². The van der Waals surface area contributed by atoms with Gasteiger partial charge in [0, 0.05) is 18.2 Å². The third-order valence-electron chi connectivity index (χ3n) is 3.23. The van der Waals surface area contributed by atoms with Crippen LogP contribution in [-0.4, -0.2) is 39.4 Å². The van der Waals surface area contributed by atoms with Crippen LogP contribution in [0.2, 0.25) is 0 Å². The van der Waals surface area contributed by atoms with Crippen LogP contribution in [0.25, 0.3) is 0 Å². The number of nitrogens with one attached hydrogen (secondary N) is 1. The molecule has 21 heavy (non-hydrogen) atoms. The van der Waals surface area contributed by atoms with E-state index in [0.29, 0.717) is 37.6 Å². The molecule has 0 radical (unpaired) electrons. The van der Waals surface area contributed by atoms with Gasteiger partial charge in [0.1, 0.15) is 5.75 Å². The quantitative estimate of drug-likeness (QED) is 0.785. The van der Waals surface area contributed by atoms with Gasteiger partial charge >= 0.3 is 0 Å². The molecule has 0 aromatic heterocycles. The Morgan fingerprint density at radius 2 is 2.29 bits per heavy atom. The monoisotopic (exact) mass is 315 g/mol. The lowest BCUT2D eigenvalue weighted by Gasteiger charge is -2.14. The third kappa shape index (κ3) is 4.16. The van der Waals surface area contributed by atoms with Crippen LogP contribution in [0.5, 0.6) is 5.75 Å². The van der Waals surface area contributed by atoms with E-state index in [9.17, 15) is 13.5 Å². The molecule has 1 aliphatic heterocycles. The van der Waals surface area contributed by atoms with Crippen LogP contribution in [0.4, 0.5) is 0 Å². The Hall–Kier alpha value is -1.15. The second-order valence-electron chi connectivity index (χ2n) is 4.96. The summed E-state index contributed by atoms with van der Waals surface area (Å²) >= 11 is 0. The van der Waals surface area contributed by atoms with Crippen LogP contribution >= 0.6 is 0 Å². The van der Waals surface area contributed by atoms with Crippen molar-refractivity contribution in [1.82, 2.24) is 4.72 Å². The summed E-state index contributed by atoms with van der Waals surface area (Å²) in [5.74, 6) is 0.516. The highest BCUT2D eigenvalue weighted by molar-refractivity contribution is 7.89. The molecule has 0 bridgehead atoms. The number of benzene rings is 1. The first-order valence-electron chi connectivity index (χ1n) is 7.03. The maximum absolute atomic E-state index is 12.3. The van der Waals surface area contributed by atoms with Gasteiger partial charge in [-0.2, -0.15) is 0 Å². The molecule has 0 amide bonds. The van der Waals surface area contributed by atoms with Gasteiger partial charge in [-0.1, -0.05) is 6.92 Å². The Balaban J connectivity index is 2.18. The van der Waals surface area contributed by atoms with E-state index in [4.69, 9.17) is 9.47 Å². The fraction of sp³-hybridized carbons (Fsp3) is 0.571. The minimum absolute atomic E-state index is 0.127. The molecule has 1 aromatic carbocycles. The summed E-state index contributed by atoms with van der Waals surface area (Å²) < 4.78 is 37.8. The minimum Gasteiger partial charge on any atom is -0.493 e. The molecule has 0 spiro atoms. The average Bonchev–Trinajstić information content (AvgIpc) is 2.97. The van der Waals surface area contributed by atoms with Gasteiger partial charge in [0.2, 0.25) is 10.0 Å². The molecule has 1 aliphatic rings. The summed E-state index contributed by atoms with van der Waals surface area (Å²) in [6, 6.07) is 4.33. The highest BCUT2D eigenvalue weighted by atomic mass is 32.2. The zero-order valence-corrected chi connectivity index (χ0v) is 12.9. The molecule has 1 unspecified atom stereocenters. The summed E-state index contributed by atoms with van der Waals surface area (Å²) in [6.07, 6.45) is 1.51. The molecule has 2 N–H and O–H groups in total. The summed E-state index contributed by atoms with van der Waals surface area (Å²) in [5, 5.41) is 9.38. The fourth-order valence-electron chi connectivity index (χ4n) is 2.11. The van der Waals surface area contributed by atoms with E-state index < -0.39 is 10.0 Å². The number of aliphatic hydroxyl groups excluding tert-OH is 1. The summed E-state index contributed by atoms with van der Waals surface area (Å²) in [4.78, 5) is 0.127. The van der Waals surface area contributed by atoms with Gasteiger partial charge in [-0.3, -0.25) is 0 Å². The Morgan fingerprint density at radius 1 is 1.48 bits per heavy atom. The van der Waals surface area contributed by atoms with E-state index in [0.717, 1.165) is 6.42 Å². The van der Waals surface area contributed by atoms with Gasteiger partial charge in [0.25, 0.3) is 0 Å².